The van der Waals surface area contributed by atoms with Crippen LogP contribution in [-0.2, 0) is 17.6 Å². The highest BCUT2D eigenvalue weighted by Crippen LogP contribution is 2.45. The number of carbonyl (C=O) groups is 1. The molecule has 1 N–H and O–H groups in total. The number of carbonyl (C=O) groups excluding carboxylic acids is 1. The fraction of sp³-hybridized carbons (Fsp3) is 0.667. The van der Waals surface area contributed by atoms with Crippen LogP contribution in [0.15, 0.2) is 0 Å². The molecule has 0 fully saturated rings. The summed E-state index contributed by atoms with van der Waals surface area (Å²) in [6, 6.07) is 2.31. The van der Waals surface area contributed by atoms with E-state index in [9.17, 15) is 10.1 Å². The molecule has 1 amide bonds. The lowest BCUT2D eigenvalue weighted by molar-refractivity contribution is -0.116. The minimum Gasteiger partial charge on any atom is -0.315 e. The summed E-state index contributed by atoms with van der Waals surface area (Å²) in [4.78, 5) is 15.1. The number of nitrogens with one attached hydrogen (secondary N) is 1. The summed E-state index contributed by atoms with van der Waals surface area (Å²) in [5.41, 5.74) is 2.17. The van der Waals surface area contributed by atoms with E-state index in [1.807, 2.05) is 19.0 Å². The Morgan fingerprint density at radius 3 is 2.74 bits per heavy atom. The highest BCUT2D eigenvalue weighted by atomic mass is 32.1. The van der Waals surface area contributed by atoms with Gasteiger partial charge < -0.3 is 10.2 Å². The van der Waals surface area contributed by atoms with Crippen molar-refractivity contribution < 1.29 is 4.79 Å². The molecule has 1 aromatic heterocycles. The lowest BCUT2D eigenvalue weighted by Crippen LogP contribution is -2.28. The molecule has 0 saturated heterocycles. The molecule has 0 radical (unpaired) electrons. The highest BCUT2D eigenvalue weighted by Gasteiger charge is 2.34. The monoisotopic (exact) mass is 333 g/mol. The molecule has 2 rings (SSSR count). The number of rotatable bonds is 5. The van der Waals surface area contributed by atoms with E-state index in [4.69, 9.17) is 0 Å². The largest absolute Gasteiger partial charge is 0.315 e. The van der Waals surface area contributed by atoms with Gasteiger partial charge in [0.1, 0.15) is 11.1 Å². The van der Waals surface area contributed by atoms with Gasteiger partial charge >= 0.3 is 0 Å². The van der Waals surface area contributed by atoms with Gasteiger partial charge in [0.15, 0.2) is 0 Å². The zero-order valence-corrected chi connectivity index (χ0v) is 15.6. The van der Waals surface area contributed by atoms with E-state index in [2.05, 4.69) is 32.2 Å². The van der Waals surface area contributed by atoms with Crippen LogP contribution in [0.5, 0.6) is 0 Å². The number of amides is 1. The van der Waals surface area contributed by atoms with Gasteiger partial charge in [-0.2, -0.15) is 5.26 Å². The Labute approximate surface area is 143 Å². The predicted molar refractivity (Wildman–Crippen MR) is 95.8 cm³/mol. The Balaban J connectivity index is 2.23. The minimum absolute atomic E-state index is 0.0597. The van der Waals surface area contributed by atoms with E-state index in [1.165, 1.54) is 10.4 Å². The number of anilines is 1. The molecule has 1 aromatic rings. The molecule has 1 aliphatic rings. The van der Waals surface area contributed by atoms with Crippen LogP contribution in [0.3, 0.4) is 0 Å². The molecular formula is C18H27N3OS. The molecular weight excluding hydrogens is 306 g/mol. The van der Waals surface area contributed by atoms with Crippen molar-refractivity contribution in [3.8, 4) is 6.07 Å². The second-order valence-corrected chi connectivity index (χ2v) is 8.49. The average molecular weight is 334 g/mol. The molecule has 1 atom stereocenters. The van der Waals surface area contributed by atoms with E-state index < -0.39 is 0 Å². The van der Waals surface area contributed by atoms with Gasteiger partial charge in [0, 0.05) is 4.88 Å². The maximum atomic E-state index is 12.0. The zero-order chi connectivity index (χ0) is 17.2. The smallest absolute Gasteiger partial charge is 0.239 e. The first-order valence-electron chi connectivity index (χ1n) is 8.27. The predicted octanol–water partition coefficient (Wildman–Crippen LogP) is 3.66. The molecule has 0 spiro atoms. The van der Waals surface area contributed by atoms with Crippen LogP contribution in [0.2, 0.25) is 0 Å². The van der Waals surface area contributed by atoms with Gasteiger partial charge in [-0.1, -0.05) is 27.2 Å². The summed E-state index contributed by atoms with van der Waals surface area (Å²) in [5, 5.41) is 13.2. The first kappa shape index (κ1) is 18.0. The van der Waals surface area contributed by atoms with Gasteiger partial charge in [-0.25, -0.2) is 0 Å². The Hall–Kier alpha value is -1.38. The Kier molecular flexibility index (Phi) is 5.49. The Bertz CT molecular complexity index is 625. The first-order valence-corrected chi connectivity index (χ1v) is 9.09. The van der Waals surface area contributed by atoms with Crippen molar-refractivity contribution in [3.63, 3.8) is 0 Å². The summed E-state index contributed by atoms with van der Waals surface area (Å²) in [6.45, 7) is 7.25. The second-order valence-electron chi connectivity index (χ2n) is 7.39. The Morgan fingerprint density at radius 2 is 2.17 bits per heavy atom. The quantitative estimate of drug-likeness (QED) is 0.894. The van der Waals surface area contributed by atoms with Crippen molar-refractivity contribution >= 4 is 22.2 Å². The molecule has 0 aromatic carbocycles. The molecule has 0 bridgehead atoms. The van der Waals surface area contributed by atoms with Crippen LogP contribution < -0.4 is 5.32 Å². The molecule has 1 aliphatic carbocycles. The van der Waals surface area contributed by atoms with Crippen molar-refractivity contribution in [1.29, 1.82) is 5.26 Å². The van der Waals surface area contributed by atoms with Gasteiger partial charge in [-0.15, -0.1) is 11.3 Å². The SMILES string of the molecule is CCC(C)(C)[C@H]1CCc2c(sc(NC(=O)CN(C)C)c2C#N)C1. The van der Waals surface area contributed by atoms with E-state index in [0.717, 1.165) is 30.7 Å². The van der Waals surface area contributed by atoms with Crippen molar-refractivity contribution in [2.24, 2.45) is 11.3 Å². The molecule has 0 aliphatic heterocycles. The molecule has 1 heterocycles. The standard InChI is InChI=1S/C18H27N3OS/c1-6-18(2,3)12-7-8-13-14(10-19)17(23-15(13)9-12)20-16(22)11-21(4)5/h12H,6-9,11H2,1-5H3,(H,20,22)/t12-/m0/s1. The average Bonchev–Trinajstić information content (AvgIpc) is 2.82. The van der Waals surface area contributed by atoms with Crippen molar-refractivity contribution in [3.05, 3.63) is 16.0 Å². The number of thiophene rings is 1. The van der Waals surface area contributed by atoms with Crippen molar-refractivity contribution in [1.82, 2.24) is 4.90 Å². The topological polar surface area (TPSA) is 56.1 Å². The summed E-state index contributed by atoms with van der Waals surface area (Å²) in [6.07, 6.45) is 4.27. The molecule has 23 heavy (non-hydrogen) atoms. The maximum absolute atomic E-state index is 12.0. The van der Waals surface area contributed by atoms with Crippen LogP contribution >= 0.6 is 11.3 Å². The molecule has 0 unspecified atom stereocenters. The zero-order valence-electron chi connectivity index (χ0n) is 14.8. The van der Waals surface area contributed by atoms with Crippen LogP contribution in [-0.4, -0.2) is 31.4 Å². The summed E-state index contributed by atoms with van der Waals surface area (Å²) < 4.78 is 0. The second kappa shape index (κ2) is 7.02. The minimum atomic E-state index is -0.0597. The van der Waals surface area contributed by atoms with Crippen LogP contribution in [0.1, 0.15) is 49.6 Å². The number of likely N-dealkylation sites (N-methyl/N-ethyl adjacent to an activating group) is 1. The van der Waals surface area contributed by atoms with Crippen molar-refractivity contribution in [2.45, 2.75) is 46.5 Å². The molecule has 4 nitrogen and oxygen atoms in total. The normalized spacial score (nSPS) is 17.7. The summed E-state index contributed by atoms with van der Waals surface area (Å²) >= 11 is 1.60. The van der Waals surface area contributed by atoms with E-state index in [-0.39, 0.29) is 5.91 Å². The highest BCUT2D eigenvalue weighted by molar-refractivity contribution is 7.16. The first-order chi connectivity index (χ1) is 10.8. The number of nitriles is 1. The third-order valence-corrected chi connectivity index (χ3v) is 6.28. The van der Waals surface area contributed by atoms with E-state index in [0.29, 0.717) is 23.4 Å². The van der Waals surface area contributed by atoms with Gasteiger partial charge in [-0.3, -0.25) is 4.79 Å². The van der Waals surface area contributed by atoms with E-state index in [1.54, 1.807) is 11.3 Å². The van der Waals surface area contributed by atoms with Gasteiger partial charge in [0.25, 0.3) is 0 Å². The van der Waals surface area contributed by atoms with E-state index >= 15 is 0 Å². The molecule has 5 heteroatoms. The van der Waals surface area contributed by atoms with Gasteiger partial charge in [0.05, 0.1) is 12.1 Å². The third kappa shape index (κ3) is 3.94. The lowest BCUT2D eigenvalue weighted by Gasteiger charge is -2.36. The maximum Gasteiger partial charge on any atom is 0.239 e. The number of hydrogen-bond acceptors (Lipinski definition) is 4. The number of hydrogen-bond donors (Lipinski definition) is 1. The summed E-state index contributed by atoms with van der Waals surface area (Å²) in [5.74, 6) is 0.589. The van der Waals surface area contributed by atoms with Gasteiger partial charge in [-0.05, 0) is 50.3 Å². The van der Waals surface area contributed by atoms with Crippen LogP contribution in [0.25, 0.3) is 0 Å². The molecule has 0 saturated carbocycles. The summed E-state index contributed by atoms with van der Waals surface area (Å²) in [7, 11) is 3.73. The number of fused-ring (bicyclic) bond motifs is 1. The Morgan fingerprint density at radius 1 is 1.48 bits per heavy atom. The lowest BCUT2D eigenvalue weighted by atomic mass is 9.69. The molecule has 126 valence electrons. The van der Waals surface area contributed by atoms with Gasteiger partial charge in [0.2, 0.25) is 5.91 Å². The fourth-order valence-corrected chi connectivity index (χ4v) is 4.50. The van der Waals surface area contributed by atoms with Crippen molar-refractivity contribution in [2.75, 3.05) is 26.0 Å². The van der Waals surface area contributed by atoms with Crippen LogP contribution in [0, 0.1) is 22.7 Å². The fourth-order valence-electron chi connectivity index (χ4n) is 3.20. The number of nitrogens with zero attached hydrogens (tertiary/aromatic N) is 2. The third-order valence-electron chi connectivity index (χ3n) is 5.11. The van der Waals surface area contributed by atoms with Crippen LogP contribution in [0.4, 0.5) is 5.00 Å².